The van der Waals surface area contributed by atoms with Gasteiger partial charge in [-0.25, -0.2) is 19.9 Å². The minimum absolute atomic E-state index is 0.0997. The van der Waals surface area contributed by atoms with Gasteiger partial charge in [0, 0.05) is 49.0 Å². The molecule has 0 spiro atoms. The van der Waals surface area contributed by atoms with E-state index in [4.69, 9.17) is 11.1 Å². The number of fused-ring (bicyclic) bond motifs is 1. The Balaban J connectivity index is 1.75. The largest absolute Gasteiger partial charge is 0.434 e. The number of imidazole rings is 1. The van der Waals surface area contributed by atoms with E-state index in [1.54, 1.807) is 12.3 Å². The molecule has 4 heterocycles. The predicted octanol–water partition coefficient (Wildman–Crippen LogP) is 2.89. The Bertz CT molecular complexity index is 1220. The van der Waals surface area contributed by atoms with Crippen molar-refractivity contribution in [2.75, 3.05) is 11.4 Å². The van der Waals surface area contributed by atoms with Crippen LogP contribution in [0.5, 0.6) is 0 Å². The van der Waals surface area contributed by atoms with Gasteiger partial charge in [-0.3, -0.25) is 4.40 Å². The first-order valence-corrected chi connectivity index (χ1v) is 10.8. The number of anilines is 1. The van der Waals surface area contributed by atoms with Crippen LogP contribution in [0, 0.1) is 11.3 Å². The number of alkyl halides is 3. The van der Waals surface area contributed by atoms with Crippen LogP contribution in [0.15, 0.2) is 42.6 Å². The van der Waals surface area contributed by atoms with Crippen LogP contribution in [0.25, 0.3) is 17.2 Å². The van der Waals surface area contributed by atoms with Gasteiger partial charge in [0.05, 0.1) is 18.4 Å². The molecule has 9 nitrogen and oxygen atoms in total. The lowest BCUT2D eigenvalue weighted by atomic mass is 9.91. The Morgan fingerprint density at radius 2 is 2.03 bits per heavy atom. The van der Waals surface area contributed by atoms with Gasteiger partial charge in [-0.1, -0.05) is 13.8 Å². The molecule has 0 bridgehead atoms. The van der Waals surface area contributed by atoms with Gasteiger partial charge in [-0.05, 0) is 18.9 Å². The molecule has 4 N–H and O–H groups in total. The average Bonchev–Trinajstić information content (AvgIpc) is 3.23. The van der Waals surface area contributed by atoms with E-state index in [0.29, 0.717) is 29.5 Å². The topological polar surface area (TPSA) is 121 Å². The predicted molar refractivity (Wildman–Crippen MR) is 122 cm³/mol. The fourth-order valence-corrected chi connectivity index (χ4v) is 4.14. The van der Waals surface area contributed by atoms with Gasteiger partial charge in [-0.15, -0.1) is 0 Å². The summed E-state index contributed by atoms with van der Waals surface area (Å²) in [5.41, 5.74) is 5.99. The highest BCUT2D eigenvalue weighted by Crippen LogP contribution is 2.30. The van der Waals surface area contributed by atoms with Crippen LogP contribution in [0.3, 0.4) is 0 Å². The average molecular weight is 474 g/mol. The number of hydrogen-bond donors (Lipinski definition) is 3. The molecule has 0 radical (unpaired) electrons. The molecule has 12 heteroatoms. The SMILES string of the molecule is CC(C)C1CN(c2ccnc(-c3cnc4cnc(C(F)(F)F)cn34)n2)C(C)C(/C(C=N)=C/N)N1. The maximum atomic E-state index is 13.2. The van der Waals surface area contributed by atoms with Crippen molar-refractivity contribution in [1.82, 2.24) is 29.7 Å². The Morgan fingerprint density at radius 1 is 1.26 bits per heavy atom. The van der Waals surface area contributed by atoms with Crippen LogP contribution >= 0.6 is 0 Å². The van der Waals surface area contributed by atoms with E-state index in [1.807, 2.05) is 6.92 Å². The summed E-state index contributed by atoms with van der Waals surface area (Å²) in [6.07, 6.45) is 3.07. The van der Waals surface area contributed by atoms with E-state index in [-0.39, 0.29) is 29.6 Å². The van der Waals surface area contributed by atoms with Crippen LogP contribution < -0.4 is 16.0 Å². The van der Waals surface area contributed by atoms with E-state index < -0.39 is 11.9 Å². The Kier molecular flexibility index (Phi) is 6.26. The second kappa shape index (κ2) is 9.01. The summed E-state index contributed by atoms with van der Waals surface area (Å²) in [5, 5.41) is 11.3. The number of nitrogens with two attached hydrogens (primary N) is 1. The van der Waals surface area contributed by atoms with Crippen molar-refractivity contribution in [3.8, 4) is 11.5 Å². The number of piperazine rings is 1. The summed E-state index contributed by atoms with van der Waals surface area (Å²) >= 11 is 0. The molecule has 34 heavy (non-hydrogen) atoms. The lowest BCUT2D eigenvalue weighted by Gasteiger charge is -2.46. The fraction of sp³-hybridized carbons (Fsp3) is 0.409. The number of aromatic nitrogens is 5. The molecule has 0 saturated carbocycles. The zero-order valence-electron chi connectivity index (χ0n) is 19.0. The summed E-state index contributed by atoms with van der Waals surface area (Å²) < 4.78 is 40.9. The highest BCUT2D eigenvalue weighted by Gasteiger charge is 2.36. The summed E-state index contributed by atoms with van der Waals surface area (Å²) in [5.74, 6) is 1.17. The summed E-state index contributed by atoms with van der Waals surface area (Å²) in [6, 6.07) is 1.57. The lowest BCUT2D eigenvalue weighted by molar-refractivity contribution is -0.141. The molecule has 1 aliphatic rings. The van der Waals surface area contributed by atoms with Crippen LogP contribution in [-0.4, -0.2) is 55.2 Å². The van der Waals surface area contributed by atoms with Gasteiger partial charge >= 0.3 is 6.18 Å². The number of hydrogen-bond acceptors (Lipinski definition) is 8. The minimum atomic E-state index is -4.58. The van der Waals surface area contributed by atoms with Gasteiger partial charge in [0.2, 0.25) is 0 Å². The van der Waals surface area contributed by atoms with Crippen LogP contribution in [0.2, 0.25) is 0 Å². The second-order valence-electron chi connectivity index (χ2n) is 8.58. The molecule has 1 aliphatic heterocycles. The number of nitrogens with zero attached hydrogens (tertiary/aromatic N) is 6. The van der Waals surface area contributed by atoms with Crippen molar-refractivity contribution >= 4 is 17.7 Å². The fourth-order valence-electron chi connectivity index (χ4n) is 4.14. The molecule has 180 valence electrons. The molecule has 4 rings (SSSR count). The quantitative estimate of drug-likeness (QED) is 0.487. The van der Waals surface area contributed by atoms with E-state index in [2.05, 4.69) is 44.0 Å². The zero-order chi connectivity index (χ0) is 24.6. The van der Waals surface area contributed by atoms with Gasteiger partial charge in [-0.2, -0.15) is 13.2 Å². The Morgan fingerprint density at radius 3 is 2.68 bits per heavy atom. The molecule has 0 amide bonds. The van der Waals surface area contributed by atoms with E-state index in [9.17, 15) is 13.2 Å². The first-order chi connectivity index (χ1) is 16.1. The molecule has 3 atom stereocenters. The van der Waals surface area contributed by atoms with Crippen molar-refractivity contribution in [3.63, 3.8) is 0 Å². The normalized spacial score (nSPS) is 21.9. The van der Waals surface area contributed by atoms with Gasteiger partial charge in [0.25, 0.3) is 0 Å². The summed E-state index contributed by atoms with van der Waals surface area (Å²) in [6.45, 7) is 6.87. The van der Waals surface area contributed by atoms with Gasteiger partial charge in [0.1, 0.15) is 11.5 Å². The van der Waals surface area contributed by atoms with Crippen molar-refractivity contribution < 1.29 is 13.2 Å². The molecule has 0 aliphatic carbocycles. The van der Waals surface area contributed by atoms with Crippen molar-refractivity contribution in [2.45, 2.75) is 45.1 Å². The molecular formula is C22H26F3N9. The maximum absolute atomic E-state index is 13.2. The first kappa shape index (κ1) is 23.6. The first-order valence-electron chi connectivity index (χ1n) is 10.8. The molecule has 3 unspecified atom stereocenters. The van der Waals surface area contributed by atoms with Crippen molar-refractivity contribution in [2.24, 2.45) is 11.7 Å². The molecule has 1 saturated heterocycles. The summed E-state index contributed by atoms with van der Waals surface area (Å²) in [7, 11) is 0. The highest BCUT2D eigenvalue weighted by atomic mass is 19.4. The van der Waals surface area contributed by atoms with Crippen LogP contribution in [-0.2, 0) is 6.18 Å². The second-order valence-corrected chi connectivity index (χ2v) is 8.58. The minimum Gasteiger partial charge on any atom is -0.404 e. The lowest BCUT2D eigenvalue weighted by Crippen LogP contribution is -2.63. The maximum Gasteiger partial charge on any atom is 0.434 e. The van der Waals surface area contributed by atoms with Crippen molar-refractivity contribution in [1.29, 1.82) is 5.41 Å². The number of nitrogens with one attached hydrogen (secondary N) is 2. The molecule has 3 aromatic rings. The van der Waals surface area contributed by atoms with Crippen molar-refractivity contribution in [3.05, 3.63) is 48.3 Å². The van der Waals surface area contributed by atoms with Crippen LogP contribution in [0.4, 0.5) is 19.0 Å². The highest BCUT2D eigenvalue weighted by molar-refractivity contribution is 5.78. The Labute approximate surface area is 194 Å². The zero-order valence-corrected chi connectivity index (χ0v) is 19.0. The smallest absolute Gasteiger partial charge is 0.404 e. The number of halogens is 3. The third-order valence-corrected chi connectivity index (χ3v) is 6.13. The monoisotopic (exact) mass is 473 g/mol. The Hall–Kier alpha value is -3.54. The van der Waals surface area contributed by atoms with Gasteiger partial charge in [0.15, 0.2) is 17.2 Å². The van der Waals surface area contributed by atoms with E-state index in [0.717, 1.165) is 12.4 Å². The summed E-state index contributed by atoms with van der Waals surface area (Å²) in [4.78, 5) is 18.7. The van der Waals surface area contributed by atoms with E-state index >= 15 is 0 Å². The van der Waals surface area contributed by atoms with Gasteiger partial charge < -0.3 is 21.4 Å². The standard InChI is InChI=1S/C22H26F3N9/c1-12(2)15-10-33(13(3)20(31-15)14(6-26)7-27)18-4-5-28-21(32-18)16-8-30-19-9-29-17(11-34(16)19)22(23,24)25/h4-9,11-13,15,20,26,31H,10,27H2,1-3H3/b14-7+,26-6?. The molecule has 3 aromatic heterocycles. The van der Waals surface area contributed by atoms with Crippen LogP contribution in [0.1, 0.15) is 26.5 Å². The third kappa shape index (κ3) is 4.32. The third-order valence-electron chi connectivity index (χ3n) is 6.13. The molecular weight excluding hydrogens is 447 g/mol. The molecule has 0 aromatic carbocycles. The number of rotatable bonds is 5. The molecule has 1 fully saturated rings. The van der Waals surface area contributed by atoms with E-state index in [1.165, 1.54) is 23.0 Å².